The Labute approximate surface area is 153 Å². The minimum atomic E-state index is -0.374. The maximum absolute atomic E-state index is 6.02. The van der Waals surface area contributed by atoms with E-state index in [1.54, 1.807) is 0 Å². The van der Waals surface area contributed by atoms with Crippen LogP contribution in [0, 0.1) is 40.4 Å². The van der Waals surface area contributed by atoms with Gasteiger partial charge in [0.1, 0.15) is 0 Å². The van der Waals surface area contributed by atoms with Crippen LogP contribution in [0.5, 0.6) is 0 Å². The highest BCUT2D eigenvalue weighted by molar-refractivity contribution is 5.19. The number of rotatable bonds is 1. The predicted octanol–water partition coefficient (Wildman–Crippen LogP) is 5.57. The van der Waals surface area contributed by atoms with E-state index < -0.39 is 0 Å². The first kappa shape index (κ1) is 16.8. The summed E-state index contributed by atoms with van der Waals surface area (Å²) >= 11 is 0. The van der Waals surface area contributed by atoms with Crippen molar-refractivity contribution < 1.29 is 9.47 Å². The zero-order chi connectivity index (χ0) is 17.3. The molecule has 5 aliphatic rings. The second-order valence-corrected chi connectivity index (χ2v) is 10.3. The summed E-state index contributed by atoms with van der Waals surface area (Å²) in [6.45, 7) is 9.17. The Balaban J connectivity index is 1.44. The Hall–Kier alpha value is -0.340. The van der Waals surface area contributed by atoms with E-state index in [2.05, 4.69) is 32.9 Å². The lowest BCUT2D eigenvalue weighted by Crippen LogP contribution is -2.54. The molecule has 0 aromatic carbocycles. The van der Waals surface area contributed by atoms with Crippen LogP contribution < -0.4 is 0 Å². The van der Waals surface area contributed by atoms with Gasteiger partial charge in [0, 0.05) is 6.42 Å². The molecule has 1 saturated heterocycles. The Morgan fingerprint density at radius 2 is 1.72 bits per heavy atom. The second-order valence-electron chi connectivity index (χ2n) is 10.3. The van der Waals surface area contributed by atoms with Crippen LogP contribution in [0.3, 0.4) is 0 Å². The Bertz CT molecular complexity index is 562. The molecule has 2 nitrogen and oxygen atoms in total. The fraction of sp³-hybridized carbons (Fsp3) is 0.913. The van der Waals surface area contributed by atoms with Gasteiger partial charge in [-0.3, -0.25) is 0 Å². The topological polar surface area (TPSA) is 18.5 Å². The normalized spacial score (nSPS) is 53.5. The molecular formula is C23H36O2. The molecule has 4 aliphatic carbocycles. The Morgan fingerprint density at radius 3 is 2.48 bits per heavy atom. The van der Waals surface area contributed by atoms with Crippen molar-refractivity contribution in [1.82, 2.24) is 0 Å². The van der Waals surface area contributed by atoms with Gasteiger partial charge in [-0.25, -0.2) is 0 Å². The van der Waals surface area contributed by atoms with Crippen LogP contribution in [-0.2, 0) is 9.47 Å². The monoisotopic (exact) mass is 344 g/mol. The molecule has 1 spiro atoms. The van der Waals surface area contributed by atoms with Gasteiger partial charge >= 0.3 is 0 Å². The lowest BCUT2D eigenvalue weighted by molar-refractivity contribution is -0.166. The van der Waals surface area contributed by atoms with Gasteiger partial charge in [0.2, 0.25) is 0 Å². The fourth-order valence-corrected chi connectivity index (χ4v) is 8.23. The van der Waals surface area contributed by atoms with E-state index in [1.165, 1.54) is 44.9 Å². The molecule has 1 heterocycles. The third kappa shape index (κ3) is 2.22. The van der Waals surface area contributed by atoms with E-state index in [1.807, 2.05) is 0 Å². The maximum Gasteiger partial charge on any atom is 0.188 e. The summed E-state index contributed by atoms with van der Waals surface area (Å²) in [7, 11) is 0. The first-order valence-corrected chi connectivity index (χ1v) is 11.0. The van der Waals surface area contributed by atoms with Crippen LogP contribution in [0.4, 0.5) is 0 Å². The molecular weight excluding hydrogens is 308 g/mol. The minimum absolute atomic E-state index is 0.370. The van der Waals surface area contributed by atoms with Crippen molar-refractivity contribution in [1.29, 1.82) is 0 Å². The molecule has 7 atom stereocenters. The number of ether oxygens (including phenoxy) is 2. The third-order valence-corrected chi connectivity index (χ3v) is 9.66. The van der Waals surface area contributed by atoms with Crippen LogP contribution >= 0.6 is 0 Å². The molecule has 0 aromatic heterocycles. The largest absolute Gasteiger partial charge is 0.344 e. The van der Waals surface area contributed by atoms with Gasteiger partial charge in [0.05, 0.1) is 13.2 Å². The van der Waals surface area contributed by atoms with E-state index in [9.17, 15) is 0 Å². The number of fused-ring (bicyclic) bond motifs is 5. The highest BCUT2D eigenvalue weighted by Crippen LogP contribution is 2.67. The summed E-state index contributed by atoms with van der Waals surface area (Å²) in [5.74, 6) is 4.17. The molecule has 5 rings (SSSR count). The average Bonchev–Trinajstić information content (AvgIpc) is 3.19. The zero-order valence-corrected chi connectivity index (χ0v) is 16.4. The summed E-state index contributed by atoms with van der Waals surface area (Å²) in [5, 5.41) is 0. The summed E-state index contributed by atoms with van der Waals surface area (Å²) in [6, 6.07) is 0. The Morgan fingerprint density at radius 1 is 0.920 bits per heavy atom. The summed E-state index contributed by atoms with van der Waals surface area (Å²) in [6.07, 6.45) is 16.0. The SMILES string of the molecule is CC[C@H]1CC[C@H]2[C@@H]3CCC4CC5(C=C[C@]4(C)[C@H]3CC[C@]12C)OCCO5. The maximum atomic E-state index is 6.02. The van der Waals surface area contributed by atoms with Gasteiger partial charge in [-0.05, 0) is 85.0 Å². The zero-order valence-electron chi connectivity index (χ0n) is 16.4. The smallest absolute Gasteiger partial charge is 0.188 e. The van der Waals surface area contributed by atoms with Crippen molar-refractivity contribution in [3.63, 3.8) is 0 Å². The van der Waals surface area contributed by atoms with Crippen molar-refractivity contribution in [2.45, 2.75) is 77.9 Å². The lowest BCUT2D eigenvalue weighted by Gasteiger charge is -2.60. The average molecular weight is 345 g/mol. The molecule has 2 heteroatoms. The summed E-state index contributed by atoms with van der Waals surface area (Å²) < 4.78 is 12.0. The minimum Gasteiger partial charge on any atom is -0.344 e. The van der Waals surface area contributed by atoms with Gasteiger partial charge in [0.25, 0.3) is 0 Å². The fourth-order valence-electron chi connectivity index (χ4n) is 8.23. The van der Waals surface area contributed by atoms with Crippen molar-refractivity contribution in [3.8, 4) is 0 Å². The van der Waals surface area contributed by atoms with E-state index in [0.29, 0.717) is 10.8 Å². The van der Waals surface area contributed by atoms with E-state index >= 15 is 0 Å². The Kier molecular flexibility index (Phi) is 3.75. The molecule has 0 amide bonds. The first-order chi connectivity index (χ1) is 12.0. The standard InChI is InChI=1S/C23H36O2/c1-4-16-6-8-19-18-7-5-17-15-23(24-13-14-25-23)12-11-22(17,3)20(18)9-10-21(16,19)2/h11-12,16-20H,4-10,13-15H2,1-3H3/t16-,17?,18-,19-,20-,21+,22-/m0/s1. The first-order valence-electron chi connectivity index (χ1n) is 11.0. The van der Waals surface area contributed by atoms with Gasteiger partial charge in [0.15, 0.2) is 5.79 Å². The highest BCUT2D eigenvalue weighted by Gasteiger charge is 2.60. The molecule has 0 bridgehead atoms. The van der Waals surface area contributed by atoms with Crippen LogP contribution in [0.2, 0.25) is 0 Å². The van der Waals surface area contributed by atoms with Crippen molar-refractivity contribution in [3.05, 3.63) is 12.2 Å². The molecule has 4 fully saturated rings. The molecule has 0 radical (unpaired) electrons. The van der Waals surface area contributed by atoms with Gasteiger partial charge in [-0.1, -0.05) is 33.3 Å². The summed E-state index contributed by atoms with van der Waals surface area (Å²) in [5.41, 5.74) is 1.01. The molecule has 3 saturated carbocycles. The number of allylic oxidation sites excluding steroid dienone is 1. The van der Waals surface area contributed by atoms with Crippen molar-refractivity contribution in [2.24, 2.45) is 40.4 Å². The van der Waals surface area contributed by atoms with E-state index in [-0.39, 0.29) is 5.79 Å². The van der Waals surface area contributed by atoms with Crippen LogP contribution in [0.25, 0.3) is 0 Å². The molecule has 1 unspecified atom stereocenters. The van der Waals surface area contributed by atoms with Crippen LogP contribution in [0.15, 0.2) is 12.2 Å². The van der Waals surface area contributed by atoms with E-state index in [0.717, 1.165) is 49.2 Å². The van der Waals surface area contributed by atoms with Crippen LogP contribution in [-0.4, -0.2) is 19.0 Å². The van der Waals surface area contributed by atoms with Crippen LogP contribution in [0.1, 0.15) is 72.1 Å². The molecule has 140 valence electrons. The van der Waals surface area contributed by atoms with Gasteiger partial charge < -0.3 is 9.47 Å². The number of hydrogen-bond donors (Lipinski definition) is 0. The highest BCUT2D eigenvalue weighted by atomic mass is 16.7. The summed E-state index contributed by atoms with van der Waals surface area (Å²) in [4.78, 5) is 0. The molecule has 1 aliphatic heterocycles. The molecule has 0 N–H and O–H groups in total. The third-order valence-electron chi connectivity index (χ3n) is 9.66. The van der Waals surface area contributed by atoms with Gasteiger partial charge in [-0.15, -0.1) is 0 Å². The molecule has 25 heavy (non-hydrogen) atoms. The quantitative estimate of drug-likeness (QED) is 0.579. The van der Waals surface area contributed by atoms with Crippen molar-refractivity contribution in [2.75, 3.05) is 13.2 Å². The second kappa shape index (κ2) is 5.58. The number of hydrogen-bond acceptors (Lipinski definition) is 2. The lowest BCUT2D eigenvalue weighted by atomic mass is 9.45. The van der Waals surface area contributed by atoms with Crippen molar-refractivity contribution >= 4 is 0 Å². The molecule has 0 aromatic rings. The van der Waals surface area contributed by atoms with E-state index in [4.69, 9.17) is 9.47 Å². The predicted molar refractivity (Wildman–Crippen MR) is 100 cm³/mol. The van der Waals surface area contributed by atoms with Gasteiger partial charge in [-0.2, -0.15) is 0 Å².